The van der Waals surface area contributed by atoms with Crippen LogP contribution in [0.5, 0.6) is 0 Å². The third-order valence-electron chi connectivity index (χ3n) is 4.75. The van der Waals surface area contributed by atoms with E-state index in [0.29, 0.717) is 0 Å². The third-order valence-corrected chi connectivity index (χ3v) is 4.75. The van der Waals surface area contributed by atoms with Crippen molar-refractivity contribution in [3.05, 3.63) is 28.8 Å². The molecule has 20 heavy (non-hydrogen) atoms. The van der Waals surface area contributed by atoms with Gasteiger partial charge in [0, 0.05) is 0 Å². The Hall–Kier alpha value is -0.795. The van der Waals surface area contributed by atoms with Crippen molar-refractivity contribution in [2.24, 2.45) is 0 Å². The normalized spacial score (nSPS) is 20.4. The van der Waals surface area contributed by atoms with Crippen LogP contribution in [0.1, 0.15) is 58.2 Å². The maximum Gasteiger partial charge on any atom is 0.495 e. The molecule has 110 valence electrons. The summed E-state index contributed by atoms with van der Waals surface area (Å²) >= 11 is 0. The molecular weight excluding hydrogens is 247 g/mol. The van der Waals surface area contributed by atoms with Gasteiger partial charge in [-0.25, -0.2) is 0 Å². The SMILES string of the molecule is CCc1cc(C)cc(CC)c1B1OC(C)(C)C(C)(C)O1. The lowest BCUT2D eigenvalue weighted by Gasteiger charge is -2.32. The van der Waals surface area contributed by atoms with Crippen molar-refractivity contribution in [1.29, 1.82) is 0 Å². The lowest BCUT2D eigenvalue weighted by atomic mass is 9.71. The fourth-order valence-electron chi connectivity index (χ4n) is 2.80. The average Bonchev–Trinajstić information content (AvgIpc) is 2.56. The van der Waals surface area contributed by atoms with Gasteiger partial charge in [-0.05, 0) is 64.1 Å². The van der Waals surface area contributed by atoms with E-state index >= 15 is 0 Å². The van der Waals surface area contributed by atoms with Crippen LogP contribution in [0.25, 0.3) is 0 Å². The Labute approximate surface area is 124 Å². The second-order valence-corrected chi connectivity index (χ2v) is 6.79. The smallest absolute Gasteiger partial charge is 0.399 e. The Kier molecular flexibility index (Phi) is 4.05. The molecule has 1 saturated heterocycles. The first-order valence-corrected chi connectivity index (χ1v) is 7.69. The zero-order valence-electron chi connectivity index (χ0n) is 14.0. The van der Waals surface area contributed by atoms with Gasteiger partial charge in [-0.3, -0.25) is 0 Å². The number of benzene rings is 1. The van der Waals surface area contributed by atoms with Gasteiger partial charge in [-0.15, -0.1) is 0 Å². The number of rotatable bonds is 3. The van der Waals surface area contributed by atoms with E-state index in [1.807, 2.05) is 0 Å². The predicted molar refractivity (Wildman–Crippen MR) is 85.7 cm³/mol. The van der Waals surface area contributed by atoms with E-state index in [4.69, 9.17) is 9.31 Å². The molecule has 0 spiro atoms. The molecule has 0 saturated carbocycles. The van der Waals surface area contributed by atoms with Gasteiger partial charge in [-0.2, -0.15) is 0 Å². The first-order chi connectivity index (χ1) is 9.21. The van der Waals surface area contributed by atoms with Crippen LogP contribution >= 0.6 is 0 Å². The van der Waals surface area contributed by atoms with E-state index in [1.54, 1.807) is 0 Å². The minimum atomic E-state index is -0.279. The molecule has 2 nitrogen and oxygen atoms in total. The molecule has 0 radical (unpaired) electrons. The second-order valence-electron chi connectivity index (χ2n) is 6.79. The van der Waals surface area contributed by atoms with E-state index < -0.39 is 0 Å². The van der Waals surface area contributed by atoms with Crippen molar-refractivity contribution < 1.29 is 9.31 Å². The van der Waals surface area contributed by atoms with Gasteiger partial charge in [0.15, 0.2) is 0 Å². The van der Waals surface area contributed by atoms with E-state index in [-0.39, 0.29) is 18.3 Å². The molecule has 0 unspecified atom stereocenters. The summed E-state index contributed by atoms with van der Waals surface area (Å²) in [5, 5.41) is 0. The van der Waals surface area contributed by atoms with Gasteiger partial charge in [0.25, 0.3) is 0 Å². The van der Waals surface area contributed by atoms with E-state index in [1.165, 1.54) is 22.2 Å². The van der Waals surface area contributed by atoms with E-state index in [9.17, 15) is 0 Å². The first-order valence-electron chi connectivity index (χ1n) is 7.69. The molecule has 0 aliphatic carbocycles. The summed E-state index contributed by atoms with van der Waals surface area (Å²) in [5.74, 6) is 0. The van der Waals surface area contributed by atoms with Crippen LogP contribution in [0.15, 0.2) is 12.1 Å². The Morgan fingerprint density at radius 1 is 0.900 bits per heavy atom. The molecule has 1 aliphatic heterocycles. The molecule has 0 amide bonds. The monoisotopic (exact) mass is 274 g/mol. The lowest BCUT2D eigenvalue weighted by molar-refractivity contribution is 0.00578. The maximum absolute atomic E-state index is 6.25. The molecule has 1 aromatic carbocycles. The van der Waals surface area contributed by atoms with Gasteiger partial charge >= 0.3 is 7.12 Å². The number of hydrogen-bond acceptors (Lipinski definition) is 2. The standard InChI is InChI=1S/C17H27BO2/c1-8-13-10-12(3)11-14(9-2)15(13)18-19-16(4,5)17(6,7)20-18/h10-11H,8-9H2,1-7H3. The molecule has 1 aromatic rings. The third kappa shape index (κ3) is 2.54. The molecule has 1 heterocycles. The zero-order chi connectivity index (χ0) is 15.1. The maximum atomic E-state index is 6.25. The van der Waals surface area contributed by atoms with Crippen LogP contribution in [0.4, 0.5) is 0 Å². The predicted octanol–water partition coefficient (Wildman–Crippen LogP) is 3.42. The average molecular weight is 274 g/mol. The zero-order valence-corrected chi connectivity index (χ0v) is 14.0. The summed E-state index contributed by atoms with van der Waals surface area (Å²) in [7, 11) is -0.245. The van der Waals surface area contributed by atoms with Crippen LogP contribution in [0.2, 0.25) is 0 Å². The number of hydrogen-bond donors (Lipinski definition) is 0. The molecular formula is C17H27BO2. The van der Waals surface area contributed by atoms with Crippen molar-refractivity contribution >= 4 is 12.6 Å². The Balaban J connectivity index is 2.49. The first kappa shape index (κ1) is 15.6. The highest BCUT2D eigenvalue weighted by molar-refractivity contribution is 6.63. The highest BCUT2D eigenvalue weighted by atomic mass is 16.7. The summed E-state index contributed by atoms with van der Waals surface area (Å²) in [5.41, 5.74) is 4.70. The summed E-state index contributed by atoms with van der Waals surface area (Å²) in [4.78, 5) is 0. The minimum Gasteiger partial charge on any atom is -0.399 e. The van der Waals surface area contributed by atoms with E-state index in [2.05, 4.69) is 60.6 Å². The van der Waals surface area contributed by atoms with Crippen molar-refractivity contribution in [2.75, 3.05) is 0 Å². The topological polar surface area (TPSA) is 18.5 Å². The van der Waals surface area contributed by atoms with Crippen molar-refractivity contribution in [3.8, 4) is 0 Å². The lowest BCUT2D eigenvalue weighted by Crippen LogP contribution is -2.41. The molecule has 0 atom stereocenters. The fourth-order valence-corrected chi connectivity index (χ4v) is 2.80. The van der Waals surface area contributed by atoms with Crippen molar-refractivity contribution in [2.45, 2.75) is 72.5 Å². The molecule has 1 aliphatic rings. The van der Waals surface area contributed by atoms with Gasteiger partial charge in [0.05, 0.1) is 11.2 Å². The molecule has 2 rings (SSSR count). The Bertz CT molecular complexity index is 465. The largest absolute Gasteiger partial charge is 0.495 e. The summed E-state index contributed by atoms with van der Waals surface area (Å²) in [6, 6.07) is 4.53. The van der Waals surface area contributed by atoms with Crippen LogP contribution in [-0.2, 0) is 22.2 Å². The van der Waals surface area contributed by atoms with Crippen molar-refractivity contribution in [3.63, 3.8) is 0 Å². The van der Waals surface area contributed by atoms with Crippen LogP contribution in [0, 0.1) is 6.92 Å². The highest BCUT2D eigenvalue weighted by Gasteiger charge is 2.52. The quantitative estimate of drug-likeness (QED) is 0.786. The fraction of sp³-hybridized carbons (Fsp3) is 0.647. The van der Waals surface area contributed by atoms with Gasteiger partial charge in [0.1, 0.15) is 0 Å². The molecule has 1 fully saturated rings. The summed E-state index contributed by atoms with van der Waals surface area (Å²) in [6.45, 7) is 15.0. The molecule has 0 aromatic heterocycles. The minimum absolute atomic E-state index is 0.245. The highest BCUT2D eigenvalue weighted by Crippen LogP contribution is 2.37. The van der Waals surface area contributed by atoms with Gasteiger partial charge in [-0.1, -0.05) is 31.5 Å². The van der Waals surface area contributed by atoms with Gasteiger partial charge in [0.2, 0.25) is 0 Å². The number of aryl methyl sites for hydroxylation is 3. The van der Waals surface area contributed by atoms with Crippen LogP contribution < -0.4 is 5.46 Å². The molecule has 3 heteroatoms. The Morgan fingerprint density at radius 3 is 1.65 bits per heavy atom. The van der Waals surface area contributed by atoms with Crippen LogP contribution in [0.3, 0.4) is 0 Å². The Morgan fingerprint density at radius 2 is 1.30 bits per heavy atom. The van der Waals surface area contributed by atoms with Crippen molar-refractivity contribution in [1.82, 2.24) is 0 Å². The van der Waals surface area contributed by atoms with Crippen LogP contribution in [-0.4, -0.2) is 18.3 Å². The second kappa shape index (κ2) is 5.20. The molecule has 0 N–H and O–H groups in total. The molecule has 0 bridgehead atoms. The van der Waals surface area contributed by atoms with E-state index in [0.717, 1.165) is 12.8 Å². The van der Waals surface area contributed by atoms with Gasteiger partial charge < -0.3 is 9.31 Å². The summed E-state index contributed by atoms with van der Waals surface area (Å²) < 4.78 is 12.5. The summed E-state index contributed by atoms with van der Waals surface area (Å²) in [6.07, 6.45) is 2.02.